The van der Waals surface area contributed by atoms with Crippen LogP contribution < -0.4 is 15.4 Å². The zero-order valence-electron chi connectivity index (χ0n) is 11.6. The Kier molecular flexibility index (Phi) is 3.78. The number of nitrogens with zero attached hydrogens (tertiary/aromatic N) is 4. The van der Waals surface area contributed by atoms with E-state index in [1.165, 1.54) is 0 Å². The number of carbonyl (C=O) groups is 1. The molecule has 2 aromatic heterocycles. The number of rotatable bonds is 5. The second kappa shape index (κ2) is 5.88. The molecule has 0 saturated carbocycles. The van der Waals surface area contributed by atoms with Crippen molar-refractivity contribution in [1.29, 1.82) is 0 Å². The molecule has 1 saturated heterocycles. The van der Waals surface area contributed by atoms with Gasteiger partial charge in [0.25, 0.3) is 5.91 Å². The summed E-state index contributed by atoms with van der Waals surface area (Å²) >= 11 is 0. The minimum atomic E-state index is -0.246. The molecule has 0 aromatic carbocycles. The maximum atomic E-state index is 12.0. The molecule has 1 fully saturated rings. The van der Waals surface area contributed by atoms with E-state index in [2.05, 4.69) is 25.9 Å². The third-order valence-corrected chi connectivity index (χ3v) is 3.34. The molecule has 2 aromatic rings. The van der Waals surface area contributed by atoms with E-state index < -0.39 is 0 Å². The number of hydrogen-bond acceptors (Lipinski definition) is 6. The molecule has 2 N–H and O–H groups in total. The molecule has 110 valence electrons. The lowest BCUT2D eigenvalue weighted by Crippen LogP contribution is -2.43. The van der Waals surface area contributed by atoms with E-state index in [0.29, 0.717) is 24.2 Å². The Hall–Kier alpha value is -2.48. The van der Waals surface area contributed by atoms with E-state index in [1.807, 2.05) is 6.07 Å². The number of nitrogens with one attached hydrogen (secondary N) is 2. The lowest BCUT2D eigenvalue weighted by molar-refractivity contribution is 0.0945. The molecule has 3 heterocycles. The first kappa shape index (κ1) is 13.5. The number of ether oxygens (including phenoxy) is 1. The van der Waals surface area contributed by atoms with Crippen molar-refractivity contribution in [2.75, 3.05) is 20.2 Å². The SMILES string of the molecule is COc1ccc(CNC(=O)c2cn(C3CNC3)nn2)cn1. The smallest absolute Gasteiger partial charge is 0.273 e. The van der Waals surface area contributed by atoms with Crippen molar-refractivity contribution in [2.45, 2.75) is 12.6 Å². The maximum absolute atomic E-state index is 12.0. The Morgan fingerprint density at radius 3 is 3.00 bits per heavy atom. The summed E-state index contributed by atoms with van der Waals surface area (Å²) in [4.78, 5) is 16.1. The fourth-order valence-electron chi connectivity index (χ4n) is 1.93. The second-order valence-electron chi connectivity index (χ2n) is 4.79. The van der Waals surface area contributed by atoms with Gasteiger partial charge in [0.1, 0.15) is 0 Å². The highest BCUT2D eigenvalue weighted by Crippen LogP contribution is 2.10. The van der Waals surface area contributed by atoms with Crippen molar-refractivity contribution in [3.63, 3.8) is 0 Å². The molecule has 0 atom stereocenters. The van der Waals surface area contributed by atoms with Crippen LogP contribution >= 0.6 is 0 Å². The van der Waals surface area contributed by atoms with Gasteiger partial charge in [0.05, 0.1) is 19.3 Å². The van der Waals surface area contributed by atoms with Crippen LogP contribution in [0.4, 0.5) is 0 Å². The van der Waals surface area contributed by atoms with Crippen molar-refractivity contribution in [3.05, 3.63) is 35.8 Å². The number of amides is 1. The maximum Gasteiger partial charge on any atom is 0.273 e. The van der Waals surface area contributed by atoms with Gasteiger partial charge in [-0.2, -0.15) is 0 Å². The number of methoxy groups -OCH3 is 1. The van der Waals surface area contributed by atoms with Crippen molar-refractivity contribution >= 4 is 5.91 Å². The molecule has 0 unspecified atom stereocenters. The van der Waals surface area contributed by atoms with Gasteiger partial charge in [-0.15, -0.1) is 5.10 Å². The van der Waals surface area contributed by atoms with Crippen LogP contribution in [-0.2, 0) is 6.54 Å². The first-order chi connectivity index (χ1) is 10.3. The standard InChI is InChI=1S/C13H16N6O2/c1-21-12-3-2-9(4-15-12)5-16-13(20)11-8-19(18-17-11)10-6-14-7-10/h2-4,8,10,14H,5-7H2,1H3,(H,16,20). The van der Waals surface area contributed by atoms with Crippen molar-refractivity contribution in [1.82, 2.24) is 30.6 Å². The van der Waals surface area contributed by atoms with Crippen LogP contribution in [0.25, 0.3) is 0 Å². The van der Waals surface area contributed by atoms with Crippen LogP contribution in [0.2, 0.25) is 0 Å². The van der Waals surface area contributed by atoms with Crippen molar-refractivity contribution < 1.29 is 9.53 Å². The summed E-state index contributed by atoms with van der Waals surface area (Å²) in [6.07, 6.45) is 3.34. The molecule has 1 amide bonds. The van der Waals surface area contributed by atoms with Gasteiger partial charge in [0.2, 0.25) is 5.88 Å². The third-order valence-electron chi connectivity index (χ3n) is 3.34. The summed E-state index contributed by atoms with van der Waals surface area (Å²) in [7, 11) is 1.56. The van der Waals surface area contributed by atoms with Gasteiger partial charge in [-0.25, -0.2) is 9.67 Å². The van der Waals surface area contributed by atoms with Crippen LogP contribution in [0.3, 0.4) is 0 Å². The summed E-state index contributed by atoms with van der Waals surface area (Å²) in [5, 5.41) is 13.8. The fraction of sp³-hybridized carbons (Fsp3) is 0.385. The summed E-state index contributed by atoms with van der Waals surface area (Å²) in [5.74, 6) is 0.298. The Morgan fingerprint density at radius 1 is 1.52 bits per heavy atom. The van der Waals surface area contributed by atoms with Crippen LogP contribution in [0, 0.1) is 0 Å². The molecule has 0 aliphatic carbocycles. The van der Waals surface area contributed by atoms with E-state index in [-0.39, 0.29) is 5.91 Å². The highest BCUT2D eigenvalue weighted by molar-refractivity contribution is 5.91. The number of pyridine rings is 1. The first-order valence-electron chi connectivity index (χ1n) is 6.66. The van der Waals surface area contributed by atoms with Gasteiger partial charge in [-0.3, -0.25) is 4.79 Å². The Balaban J connectivity index is 1.56. The van der Waals surface area contributed by atoms with Crippen molar-refractivity contribution in [3.8, 4) is 5.88 Å². The van der Waals surface area contributed by atoms with E-state index in [1.54, 1.807) is 30.3 Å². The summed E-state index contributed by atoms with van der Waals surface area (Å²) < 4.78 is 6.70. The Labute approximate surface area is 121 Å². The zero-order valence-corrected chi connectivity index (χ0v) is 11.6. The minimum absolute atomic E-state index is 0.246. The molecular formula is C13H16N6O2. The molecule has 21 heavy (non-hydrogen) atoms. The lowest BCUT2D eigenvalue weighted by Gasteiger charge is -2.26. The van der Waals surface area contributed by atoms with E-state index in [9.17, 15) is 4.79 Å². The molecule has 0 radical (unpaired) electrons. The fourth-order valence-corrected chi connectivity index (χ4v) is 1.93. The molecule has 8 nitrogen and oxygen atoms in total. The average molecular weight is 288 g/mol. The number of aromatic nitrogens is 4. The highest BCUT2D eigenvalue weighted by Gasteiger charge is 2.21. The Bertz CT molecular complexity index is 620. The van der Waals surface area contributed by atoms with Crippen LogP contribution in [0.1, 0.15) is 22.1 Å². The van der Waals surface area contributed by atoms with Gasteiger partial charge < -0.3 is 15.4 Å². The molecule has 1 aliphatic heterocycles. The zero-order chi connectivity index (χ0) is 14.7. The summed E-state index contributed by atoms with van der Waals surface area (Å²) in [5.41, 5.74) is 1.21. The van der Waals surface area contributed by atoms with Crippen molar-refractivity contribution in [2.24, 2.45) is 0 Å². The number of carbonyl (C=O) groups excluding carboxylic acids is 1. The van der Waals surface area contributed by atoms with E-state index >= 15 is 0 Å². The molecule has 8 heteroatoms. The average Bonchev–Trinajstić information content (AvgIpc) is 2.93. The normalized spacial score (nSPS) is 14.5. The third kappa shape index (κ3) is 3.00. The molecule has 3 rings (SSSR count). The molecule has 0 bridgehead atoms. The van der Waals surface area contributed by atoms with E-state index in [0.717, 1.165) is 18.7 Å². The van der Waals surface area contributed by atoms with Gasteiger partial charge in [-0.1, -0.05) is 11.3 Å². The number of hydrogen-bond donors (Lipinski definition) is 2. The minimum Gasteiger partial charge on any atom is -0.481 e. The monoisotopic (exact) mass is 288 g/mol. The predicted octanol–water partition coefficient (Wildman–Crippen LogP) is -0.244. The van der Waals surface area contributed by atoms with Gasteiger partial charge in [0, 0.05) is 31.9 Å². The van der Waals surface area contributed by atoms with Gasteiger partial charge in [-0.05, 0) is 5.56 Å². The van der Waals surface area contributed by atoms with E-state index in [4.69, 9.17) is 4.74 Å². The quantitative estimate of drug-likeness (QED) is 0.788. The molecule has 0 spiro atoms. The summed E-state index contributed by atoms with van der Waals surface area (Å²) in [6, 6.07) is 3.90. The van der Waals surface area contributed by atoms with Gasteiger partial charge in [0.15, 0.2) is 5.69 Å². The van der Waals surface area contributed by atoms with Gasteiger partial charge >= 0.3 is 0 Å². The summed E-state index contributed by atoms with van der Waals surface area (Å²) in [6.45, 7) is 2.11. The van der Waals surface area contributed by atoms with Crippen LogP contribution in [-0.4, -0.2) is 46.1 Å². The predicted molar refractivity (Wildman–Crippen MR) is 73.9 cm³/mol. The van der Waals surface area contributed by atoms with Crippen LogP contribution in [0.5, 0.6) is 5.88 Å². The second-order valence-corrected chi connectivity index (χ2v) is 4.79. The topological polar surface area (TPSA) is 94.0 Å². The molecule has 1 aliphatic rings. The largest absolute Gasteiger partial charge is 0.481 e. The lowest BCUT2D eigenvalue weighted by atomic mass is 10.2. The highest BCUT2D eigenvalue weighted by atomic mass is 16.5. The molecular weight excluding hydrogens is 272 g/mol. The van der Waals surface area contributed by atoms with Crippen LogP contribution in [0.15, 0.2) is 24.5 Å². The first-order valence-corrected chi connectivity index (χ1v) is 6.66. The Morgan fingerprint density at radius 2 is 2.38 bits per heavy atom.